The fraction of sp³-hybridized carbons (Fsp3) is 0.342. The number of carbonyl (C=O) groups is 1. The molecule has 2 aliphatic heterocycles. The molecule has 1 saturated heterocycles. The minimum atomic E-state index is -0.580. The fourth-order valence-corrected chi connectivity index (χ4v) is 4.81. The molecule has 5 heterocycles. The van der Waals surface area contributed by atoms with Crippen molar-refractivity contribution < 1.29 is 14.3 Å². The van der Waals surface area contributed by atoms with E-state index in [-0.39, 0.29) is 18.0 Å². The van der Waals surface area contributed by atoms with Crippen molar-refractivity contribution in [3.63, 3.8) is 0 Å². The van der Waals surface area contributed by atoms with Gasteiger partial charge in [0.2, 0.25) is 10.6 Å². The maximum Gasteiger partial charge on any atom is 0.435 e. The van der Waals surface area contributed by atoms with Gasteiger partial charge in [-0.05, 0) is 104 Å². The number of ether oxygens (including phenoxy) is 2. The number of rotatable bonds is 5. The summed E-state index contributed by atoms with van der Waals surface area (Å²) in [5.74, 6) is 1.25. The van der Waals surface area contributed by atoms with E-state index in [0.29, 0.717) is 23.2 Å². The number of anilines is 4. The van der Waals surface area contributed by atoms with Gasteiger partial charge in [-0.2, -0.15) is 9.78 Å². The summed E-state index contributed by atoms with van der Waals surface area (Å²) < 4.78 is 11.5. The summed E-state index contributed by atoms with van der Waals surface area (Å²) in [5, 5.41) is 11.6. The Bertz CT molecular complexity index is 1950. The first kappa shape index (κ1) is 42.5. The second-order valence-corrected chi connectivity index (χ2v) is 13.2. The molecule has 1 atom stereocenters. The molecule has 1 unspecified atom stereocenters. The van der Waals surface area contributed by atoms with Gasteiger partial charge in [0.05, 0.1) is 24.9 Å². The number of nitrogens with one attached hydrogen (secondary N) is 2. The average Bonchev–Trinajstić information content (AvgIpc) is 3.89. The molecule has 0 saturated carbocycles. The third-order valence-electron chi connectivity index (χ3n) is 6.76. The minimum absolute atomic E-state index is 0. The van der Waals surface area contributed by atoms with Gasteiger partial charge >= 0.3 is 6.09 Å². The first-order chi connectivity index (χ1) is 24.9. The van der Waals surface area contributed by atoms with Gasteiger partial charge < -0.3 is 25.8 Å². The normalized spacial score (nSPS) is 14.3. The SMILES string of the molecule is C.CC(C)(C)OC(=O)n1ncc2cc(Nc3ccnc(Cl)n3)ccc21.CCC.Clc1nccc(Nc2ccc(C3=CCN=C3)cc2)n1.NC1CCOC1. The highest BCUT2D eigenvalue weighted by molar-refractivity contribution is 6.28. The van der Waals surface area contributed by atoms with Crippen LogP contribution in [0.2, 0.25) is 10.6 Å². The molecule has 0 amide bonds. The topological polar surface area (TPSA) is 167 Å². The molecule has 0 spiro atoms. The highest BCUT2D eigenvalue weighted by Gasteiger charge is 2.20. The van der Waals surface area contributed by atoms with Gasteiger partial charge in [-0.15, -0.1) is 0 Å². The third-order valence-corrected chi connectivity index (χ3v) is 7.13. The summed E-state index contributed by atoms with van der Waals surface area (Å²) in [6.07, 6.45) is 10.6. The lowest BCUT2D eigenvalue weighted by Gasteiger charge is -2.19. The molecule has 4 N–H and O–H groups in total. The lowest BCUT2D eigenvalue weighted by molar-refractivity contribution is 0.0522. The molecule has 3 aromatic heterocycles. The van der Waals surface area contributed by atoms with Crippen LogP contribution in [0, 0.1) is 0 Å². The van der Waals surface area contributed by atoms with E-state index in [1.165, 1.54) is 11.1 Å². The predicted octanol–water partition coefficient (Wildman–Crippen LogP) is 9.13. The molecule has 7 rings (SSSR count). The zero-order valence-corrected chi connectivity index (χ0v) is 31.4. The van der Waals surface area contributed by atoms with E-state index in [4.69, 9.17) is 38.4 Å². The molecule has 13 nitrogen and oxygen atoms in total. The summed E-state index contributed by atoms with van der Waals surface area (Å²) >= 11 is 11.5. The zero-order chi connectivity index (χ0) is 37.5. The number of benzene rings is 2. The van der Waals surface area contributed by atoms with E-state index in [2.05, 4.69) is 60.6 Å². The van der Waals surface area contributed by atoms with Crippen molar-refractivity contribution in [2.24, 2.45) is 10.7 Å². The largest absolute Gasteiger partial charge is 0.442 e. The summed E-state index contributed by atoms with van der Waals surface area (Å²) in [6, 6.07) is 17.4. The third kappa shape index (κ3) is 14.2. The monoisotopic (exact) mass is 762 g/mol. The Labute approximate surface area is 321 Å². The average molecular weight is 764 g/mol. The molecule has 2 aliphatic rings. The standard InChI is InChI=1S/C16H16ClN5O2.C14H11ClN4.C4H9NO.C3H8.CH4/c1-16(2,3)24-15(23)22-12-5-4-11(8-10(12)9-19-22)20-13-6-7-18-14(17)21-13;15-14-17-8-6-13(19-14)18-12-3-1-10(2-4-12)11-5-7-16-9-11;5-4-1-2-6-3-4;1-3-2;/h4-9H,1-3H3,(H,18,20,21);1-6,8-9H,7H2,(H,17,18,19);4H,1-3,5H2;3H2,1-2H3;1H4. The maximum atomic E-state index is 12.2. The number of aromatic nitrogens is 6. The molecule has 0 bridgehead atoms. The Morgan fingerprint density at radius 2 is 1.57 bits per heavy atom. The summed E-state index contributed by atoms with van der Waals surface area (Å²) in [5.41, 5.74) is 9.56. The number of aliphatic imine (C=N–C) groups is 1. The van der Waals surface area contributed by atoms with E-state index < -0.39 is 11.7 Å². The van der Waals surface area contributed by atoms with Gasteiger partial charge in [0.15, 0.2) is 0 Å². The van der Waals surface area contributed by atoms with Crippen LogP contribution in [0.4, 0.5) is 27.8 Å². The van der Waals surface area contributed by atoms with Crippen LogP contribution in [-0.4, -0.2) is 73.4 Å². The number of nitrogens with zero attached hydrogens (tertiary/aromatic N) is 7. The number of hydrogen-bond donors (Lipinski definition) is 3. The van der Waals surface area contributed by atoms with Gasteiger partial charge in [-0.3, -0.25) is 4.99 Å². The van der Waals surface area contributed by atoms with Crippen molar-refractivity contribution >= 4 is 75.0 Å². The molecule has 0 radical (unpaired) electrons. The van der Waals surface area contributed by atoms with Crippen molar-refractivity contribution in [3.05, 3.63) is 95.4 Å². The van der Waals surface area contributed by atoms with Crippen LogP contribution in [0.1, 0.15) is 60.5 Å². The summed E-state index contributed by atoms with van der Waals surface area (Å²) in [6.45, 7) is 12.1. The Kier molecular flexibility index (Phi) is 16.8. The second kappa shape index (κ2) is 20.9. The Morgan fingerprint density at radius 1 is 0.962 bits per heavy atom. The first-order valence-corrected chi connectivity index (χ1v) is 17.6. The van der Waals surface area contributed by atoms with E-state index in [1.54, 1.807) is 36.8 Å². The van der Waals surface area contributed by atoms with Crippen LogP contribution >= 0.6 is 23.2 Å². The van der Waals surface area contributed by atoms with Crippen LogP contribution in [-0.2, 0) is 9.47 Å². The van der Waals surface area contributed by atoms with Crippen LogP contribution in [0.3, 0.4) is 0 Å². The smallest absolute Gasteiger partial charge is 0.435 e. The molecule has 1 fully saturated rings. The number of carbonyl (C=O) groups excluding carboxylic acids is 1. The molecule has 15 heteroatoms. The Hall–Kier alpha value is -4.95. The van der Waals surface area contributed by atoms with E-state index in [1.807, 2.05) is 63.4 Å². The van der Waals surface area contributed by atoms with Crippen molar-refractivity contribution in [2.45, 2.75) is 66.5 Å². The van der Waals surface area contributed by atoms with E-state index in [9.17, 15) is 4.79 Å². The maximum absolute atomic E-state index is 12.2. The van der Waals surface area contributed by atoms with Crippen molar-refractivity contribution in [1.29, 1.82) is 0 Å². The number of hydrogen-bond acceptors (Lipinski definition) is 12. The minimum Gasteiger partial charge on any atom is -0.442 e. The van der Waals surface area contributed by atoms with E-state index in [0.717, 1.165) is 54.1 Å². The van der Waals surface area contributed by atoms with Crippen molar-refractivity contribution in [2.75, 3.05) is 30.4 Å². The molecule has 53 heavy (non-hydrogen) atoms. The number of nitrogens with two attached hydrogens (primary N) is 1. The van der Waals surface area contributed by atoms with Crippen LogP contribution in [0.5, 0.6) is 0 Å². The number of fused-ring (bicyclic) bond motifs is 1. The quantitative estimate of drug-likeness (QED) is 0.146. The molecule has 282 valence electrons. The van der Waals surface area contributed by atoms with Crippen molar-refractivity contribution in [3.8, 4) is 0 Å². The van der Waals surface area contributed by atoms with Crippen LogP contribution in [0.15, 0.2) is 84.3 Å². The van der Waals surface area contributed by atoms with Gasteiger partial charge in [-0.25, -0.2) is 24.7 Å². The summed E-state index contributed by atoms with van der Waals surface area (Å²) in [4.78, 5) is 32.2. The zero-order valence-electron chi connectivity index (χ0n) is 29.9. The second-order valence-electron chi connectivity index (χ2n) is 12.5. The van der Waals surface area contributed by atoms with Crippen LogP contribution in [0.25, 0.3) is 16.5 Å². The summed E-state index contributed by atoms with van der Waals surface area (Å²) in [7, 11) is 0. The molecule has 5 aromatic rings. The lowest BCUT2D eigenvalue weighted by Crippen LogP contribution is -2.27. The molecule has 0 aliphatic carbocycles. The first-order valence-electron chi connectivity index (χ1n) is 16.8. The fourth-order valence-electron chi connectivity index (χ4n) is 4.51. The molecule has 2 aromatic carbocycles. The highest BCUT2D eigenvalue weighted by atomic mass is 35.5. The molecular weight excluding hydrogens is 715 g/mol. The highest BCUT2D eigenvalue weighted by Crippen LogP contribution is 2.23. The molecular formula is C38H48Cl2N10O3. The van der Waals surface area contributed by atoms with E-state index >= 15 is 0 Å². The van der Waals surface area contributed by atoms with Gasteiger partial charge in [0.25, 0.3) is 0 Å². The Balaban J connectivity index is 0.000000231. The van der Waals surface area contributed by atoms with Gasteiger partial charge in [0.1, 0.15) is 17.2 Å². The van der Waals surface area contributed by atoms with Crippen molar-refractivity contribution in [1.82, 2.24) is 29.7 Å². The number of allylic oxidation sites excluding steroid dienone is 1. The number of halogens is 2. The Morgan fingerprint density at radius 3 is 2.06 bits per heavy atom. The van der Waals surface area contributed by atoms with Crippen LogP contribution < -0.4 is 16.4 Å². The van der Waals surface area contributed by atoms with Gasteiger partial charge in [0, 0.05) is 48.0 Å². The van der Waals surface area contributed by atoms with Gasteiger partial charge in [-0.1, -0.05) is 45.9 Å². The predicted molar refractivity (Wildman–Crippen MR) is 216 cm³/mol. The lowest BCUT2D eigenvalue weighted by atomic mass is 10.1.